The van der Waals surface area contributed by atoms with Crippen molar-refractivity contribution in [3.05, 3.63) is 35.9 Å². The first-order valence-corrected chi connectivity index (χ1v) is 5.27. The number of rotatable bonds is 3. The molecule has 0 saturated heterocycles. The molecule has 0 spiro atoms. The molecule has 4 nitrogen and oxygen atoms in total. The fourth-order valence-electron chi connectivity index (χ4n) is 1.88. The summed E-state index contributed by atoms with van der Waals surface area (Å²) in [5.41, 5.74) is 3.04. The molecule has 0 aromatic carbocycles. The van der Waals surface area contributed by atoms with Crippen LogP contribution in [0.1, 0.15) is 11.4 Å². The lowest BCUT2D eigenvalue weighted by atomic mass is 10.2. The van der Waals surface area contributed by atoms with Crippen LogP contribution in [-0.4, -0.2) is 26.2 Å². The summed E-state index contributed by atoms with van der Waals surface area (Å²) >= 11 is 0. The minimum absolute atomic E-state index is 0.146. The number of pyridine rings is 1. The van der Waals surface area contributed by atoms with E-state index in [9.17, 15) is 0 Å². The smallest absolute Gasteiger partial charge is 0.141 e. The fourth-order valence-corrected chi connectivity index (χ4v) is 1.88. The van der Waals surface area contributed by atoms with E-state index < -0.39 is 0 Å². The molecule has 0 unspecified atom stereocenters. The second-order valence-corrected chi connectivity index (χ2v) is 3.74. The molecule has 0 aliphatic heterocycles. The first kappa shape index (κ1) is 10.8. The van der Waals surface area contributed by atoms with Gasteiger partial charge in [-0.25, -0.2) is 4.98 Å². The highest BCUT2D eigenvalue weighted by molar-refractivity contribution is 5.55. The molecular weight excluding hydrogens is 202 g/mol. The maximum atomic E-state index is 8.99. The monoisotopic (exact) mass is 217 g/mol. The van der Waals surface area contributed by atoms with Crippen molar-refractivity contribution < 1.29 is 5.11 Å². The number of aryl methyl sites for hydroxylation is 1. The number of aromatic nitrogens is 3. The Balaban J connectivity index is 2.47. The third kappa shape index (κ3) is 1.84. The zero-order chi connectivity index (χ0) is 11.5. The van der Waals surface area contributed by atoms with Gasteiger partial charge in [-0.15, -0.1) is 0 Å². The van der Waals surface area contributed by atoms with Crippen LogP contribution in [0.15, 0.2) is 24.5 Å². The van der Waals surface area contributed by atoms with E-state index in [1.807, 2.05) is 30.7 Å². The van der Waals surface area contributed by atoms with E-state index >= 15 is 0 Å². The van der Waals surface area contributed by atoms with Crippen LogP contribution in [0.5, 0.6) is 0 Å². The van der Waals surface area contributed by atoms with Crippen molar-refractivity contribution in [1.29, 1.82) is 0 Å². The van der Waals surface area contributed by atoms with Gasteiger partial charge in [-0.2, -0.15) is 0 Å². The van der Waals surface area contributed by atoms with Gasteiger partial charge in [0.25, 0.3) is 0 Å². The SMILES string of the molecule is Cc1nc(-c2cccnc2)n(C)c1CCO. The Kier molecular flexibility index (Phi) is 3.01. The Morgan fingerprint density at radius 3 is 2.88 bits per heavy atom. The number of aliphatic hydroxyl groups is 1. The quantitative estimate of drug-likeness (QED) is 0.843. The van der Waals surface area contributed by atoms with Gasteiger partial charge in [0.2, 0.25) is 0 Å². The van der Waals surface area contributed by atoms with E-state index in [0.717, 1.165) is 22.8 Å². The van der Waals surface area contributed by atoms with Crippen LogP contribution in [0.3, 0.4) is 0 Å². The Bertz CT molecular complexity index is 477. The molecule has 2 heterocycles. The topological polar surface area (TPSA) is 50.9 Å². The van der Waals surface area contributed by atoms with Crippen molar-refractivity contribution in [3.8, 4) is 11.4 Å². The molecule has 1 N–H and O–H groups in total. The summed E-state index contributed by atoms with van der Waals surface area (Å²) in [6, 6.07) is 3.88. The number of imidazole rings is 1. The first-order chi connectivity index (χ1) is 7.74. The molecule has 0 radical (unpaired) electrons. The molecule has 0 bridgehead atoms. The number of hydrogen-bond acceptors (Lipinski definition) is 3. The van der Waals surface area contributed by atoms with Crippen LogP contribution in [0.2, 0.25) is 0 Å². The lowest BCUT2D eigenvalue weighted by Crippen LogP contribution is -2.02. The minimum atomic E-state index is 0.146. The maximum absolute atomic E-state index is 8.99. The van der Waals surface area contributed by atoms with Gasteiger partial charge in [0.1, 0.15) is 5.82 Å². The lowest BCUT2D eigenvalue weighted by molar-refractivity contribution is 0.296. The van der Waals surface area contributed by atoms with Crippen molar-refractivity contribution >= 4 is 0 Å². The average Bonchev–Trinajstić information content (AvgIpc) is 2.59. The Hall–Kier alpha value is -1.68. The Morgan fingerprint density at radius 1 is 1.44 bits per heavy atom. The van der Waals surface area contributed by atoms with Crippen LogP contribution in [-0.2, 0) is 13.5 Å². The average molecular weight is 217 g/mol. The summed E-state index contributed by atoms with van der Waals surface area (Å²) in [6.07, 6.45) is 4.17. The zero-order valence-electron chi connectivity index (χ0n) is 9.51. The molecule has 0 aliphatic rings. The van der Waals surface area contributed by atoms with Gasteiger partial charge in [0, 0.05) is 43.7 Å². The predicted molar refractivity (Wildman–Crippen MR) is 62.0 cm³/mol. The highest BCUT2D eigenvalue weighted by Crippen LogP contribution is 2.20. The summed E-state index contributed by atoms with van der Waals surface area (Å²) < 4.78 is 2.02. The van der Waals surface area contributed by atoms with Crippen LogP contribution < -0.4 is 0 Å². The van der Waals surface area contributed by atoms with E-state index in [4.69, 9.17) is 5.11 Å². The normalized spacial score (nSPS) is 10.7. The number of hydrogen-bond donors (Lipinski definition) is 1. The summed E-state index contributed by atoms with van der Waals surface area (Å²) in [4.78, 5) is 8.60. The van der Waals surface area contributed by atoms with Crippen molar-refractivity contribution in [2.75, 3.05) is 6.61 Å². The fraction of sp³-hybridized carbons (Fsp3) is 0.333. The third-order valence-electron chi connectivity index (χ3n) is 2.68. The van der Waals surface area contributed by atoms with Crippen molar-refractivity contribution in [3.63, 3.8) is 0 Å². The second kappa shape index (κ2) is 4.45. The molecule has 0 fully saturated rings. The second-order valence-electron chi connectivity index (χ2n) is 3.74. The number of aliphatic hydroxyl groups excluding tert-OH is 1. The molecule has 2 aromatic rings. The van der Waals surface area contributed by atoms with Crippen LogP contribution >= 0.6 is 0 Å². The molecule has 0 saturated carbocycles. The standard InChI is InChI=1S/C12H15N3O/c1-9-11(5-7-16)15(2)12(14-9)10-4-3-6-13-8-10/h3-4,6,8,16H,5,7H2,1-2H3. The van der Waals surface area contributed by atoms with Crippen LogP contribution in [0.4, 0.5) is 0 Å². The Labute approximate surface area is 94.6 Å². The van der Waals surface area contributed by atoms with Gasteiger partial charge in [-0.3, -0.25) is 4.98 Å². The highest BCUT2D eigenvalue weighted by Gasteiger charge is 2.12. The largest absolute Gasteiger partial charge is 0.396 e. The molecule has 0 aliphatic carbocycles. The summed E-state index contributed by atoms with van der Waals surface area (Å²) in [6.45, 7) is 2.11. The van der Waals surface area contributed by atoms with E-state index in [2.05, 4.69) is 9.97 Å². The van der Waals surface area contributed by atoms with Gasteiger partial charge in [0.05, 0.1) is 5.69 Å². The van der Waals surface area contributed by atoms with Crippen LogP contribution in [0, 0.1) is 6.92 Å². The van der Waals surface area contributed by atoms with Crippen molar-refractivity contribution in [2.24, 2.45) is 7.05 Å². The van der Waals surface area contributed by atoms with Gasteiger partial charge in [-0.1, -0.05) is 0 Å². The van der Waals surface area contributed by atoms with E-state index in [0.29, 0.717) is 6.42 Å². The van der Waals surface area contributed by atoms with Crippen molar-refractivity contribution in [1.82, 2.24) is 14.5 Å². The lowest BCUT2D eigenvalue weighted by Gasteiger charge is -2.04. The predicted octanol–water partition coefficient (Wildman–Crippen LogP) is 1.33. The molecule has 0 atom stereocenters. The summed E-state index contributed by atoms with van der Waals surface area (Å²) in [5, 5.41) is 8.99. The molecule has 4 heteroatoms. The molecule has 2 aromatic heterocycles. The first-order valence-electron chi connectivity index (χ1n) is 5.27. The van der Waals surface area contributed by atoms with Crippen LogP contribution in [0.25, 0.3) is 11.4 Å². The molecule has 16 heavy (non-hydrogen) atoms. The maximum Gasteiger partial charge on any atom is 0.141 e. The van der Waals surface area contributed by atoms with E-state index in [1.165, 1.54) is 0 Å². The van der Waals surface area contributed by atoms with Crippen molar-refractivity contribution in [2.45, 2.75) is 13.3 Å². The highest BCUT2D eigenvalue weighted by atomic mass is 16.3. The third-order valence-corrected chi connectivity index (χ3v) is 2.68. The Morgan fingerprint density at radius 2 is 2.25 bits per heavy atom. The summed E-state index contributed by atoms with van der Waals surface area (Å²) in [5.74, 6) is 0.897. The van der Waals surface area contributed by atoms with Gasteiger partial charge < -0.3 is 9.67 Å². The molecule has 84 valence electrons. The molecule has 0 amide bonds. The van der Waals surface area contributed by atoms with E-state index in [-0.39, 0.29) is 6.61 Å². The molecular formula is C12H15N3O. The van der Waals surface area contributed by atoms with Gasteiger partial charge in [0.15, 0.2) is 0 Å². The van der Waals surface area contributed by atoms with Gasteiger partial charge in [-0.05, 0) is 19.1 Å². The minimum Gasteiger partial charge on any atom is -0.396 e. The van der Waals surface area contributed by atoms with Gasteiger partial charge >= 0.3 is 0 Å². The zero-order valence-corrected chi connectivity index (χ0v) is 9.51. The molecule has 2 rings (SSSR count). The van der Waals surface area contributed by atoms with E-state index in [1.54, 1.807) is 12.4 Å². The summed E-state index contributed by atoms with van der Waals surface area (Å²) in [7, 11) is 1.97. The number of nitrogens with zero attached hydrogens (tertiary/aromatic N) is 3.